The van der Waals surface area contributed by atoms with Crippen molar-refractivity contribution in [1.82, 2.24) is 10.2 Å². The number of ether oxygens (including phenoxy) is 1. The highest BCUT2D eigenvalue weighted by molar-refractivity contribution is 7.09. The van der Waals surface area contributed by atoms with Crippen LogP contribution in [-0.4, -0.2) is 36.4 Å². The molecule has 2 amide bonds. The van der Waals surface area contributed by atoms with E-state index >= 15 is 0 Å². The molecule has 0 saturated heterocycles. The smallest absolute Gasteiger partial charge is 0.239 e. The van der Waals surface area contributed by atoms with Crippen molar-refractivity contribution >= 4 is 23.2 Å². The van der Waals surface area contributed by atoms with Gasteiger partial charge in [0.15, 0.2) is 0 Å². The predicted octanol–water partition coefficient (Wildman–Crippen LogP) is 3.38. The summed E-state index contributed by atoms with van der Waals surface area (Å²) >= 11 is 1.60. The number of rotatable bonds is 10. The minimum Gasteiger partial charge on any atom is -0.494 e. The molecule has 0 radical (unpaired) electrons. The Morgan fingerprint density at radius 2 is 2.08 bits per heavy atom. The van der Waals surface area contributed by atoms with Crippen LogP contribution < -0.4 is 10.1 Å². The van der Waals surface area contributed by atoms with Gasteiger partial charge in [-0.05, 0) is 49.4 Å². The Bertz CT molecular complexity index is 701. The Hall–Kier alpha value is -2.34. The number of aryl methyl sites for hydroxylation is 1. The van der Waals surface area contributed by atoms with Gasteiger partial charge in [-0.2, -0.15) is 0 Å². The molecule has 0 fully saturated rings. The molecule has 26 heavy (non-hydrogen) atoms. The van der Waals surface area contributed by atoms with Gasteiger partial charge in [-0.25, -0.2) is 0 Å². The minimum absolute atomic E-state index is 0.0217. The maximum absolute atomic E-state index is 12.3. The van der Waals surface area contributed by atoms with Crippen LogP contribution in [0.25, 0.3) is 0 Å². The highest BCUT2D eigenvalue weighted by Gasteiger charge is 2.15. The first-order chi connectivity index (χ1) is 12.6. The maximum atomic E-state index is 12.3. The monoisotopic (exact) mass is 374 g/mol. The standard InChI is InChI=1S/C20H26N2O3S/c1-3-22(15-19(23)21-14-18-9-6-12-26-18)20(24)10-5-11-25-17-8-4-7-16(2)13-17/h4,6-9,12-13H,3,5,10-11,14-15H2,1-2H3,(H,21,23). The number of likely N-dealkylation sites (N-methyl/N-ethyl adjacent to an activating group) is 1. The molecule has 0 aliphatic rings. The maximum Gasteiger partial charge on any atom is 0.239 e. The lowest BCUT2D eigenvalue weighted by Crippen LogP contribution is -2.40. The average Bonchev–Trinajstić information content (AvgIpc) is 3.15. The summed E-state index contributed by atoms with van der Waals surface area (Å²) in [5.41, 5.74) is 1.14. The molecule has 6 heteroatoms. The van der Waals surface area contributed by atoms with Gasteiger partial charge in [0, 0.05) is 17.8 Å². The zero-order valence-electron chi connectivity index (χ0n) is 15.4. The van der Waals surface area contributed by atoms with E-state index in [1.807, 2.05) is 55.6 Å². The summed E-state index contributed by atoms with van der Waals surface area (Å²) in [5.74, 6) is 0.661. The van der Waals surface area contributed by atoms with Gasteiger partial charge in [-0.3, -0.25) is 9.59 Å². The SMILES string of the molecule is CCN(CC(=O)NCc1cccs1)C(=O)CCCOc1cccc(C)c1. The van der Waals surface area contributed by atoms with Crippen LogP contribution in [0.3, 0.4) is 0 Å². The highest BCUT2D eigenvalue weighted by Crippen LogP contribution is 2.13. The number of nitrogens with one attached hydrogen (secondary N) is 1. The van der Waals surface area contributed by atoms with Gasteiger partial charge in [0.05, 0.1) is 19.7 Å². The Kier molecular flexibility index (Phi) is 8.15. The molecule has 0 aliphatic heterocycles. The van der Waals surface area contributed by atoms with E-state index < -0.39 is 0 Å². The number of nitrogens with zero attached hydrogens (tertiary/aromatic N) is 1. The first-order valence-corrected chi connectivity index (χ1v) is 9.72. The van der Waals surface area contributed by atoms with Gasteiger partial charge < -0.3 is 15.0 Å². The van der Waals surface area contributed by atoms with Gasteiger partial charge in [0.25, 0.3) is 0 Å². The Morgan fingerprint density at radius 3 is 2.77 bits per heavy atom. The quantitative estimate of drug-likeness (QED) is 0.649. The molecule has 1 N–H and O–H groups in total. The molecule has 1 aromatic carbocycles. The van der Waals surface area contributed by atoms with Crippen molar-refractivity contribution in [2.24, 2.45) is 0 Å². The number of carbonyl (C=O) groups excluding carboxylic acids is 2. The van der Waals surface area contributed by atoms with Gasteiger partial charge in [0.2, 0.25) is 11.8 Å². The van der Waals surface area contributed by atoms with E-state index in [9.17, 15) is 9.59 Å². The molecule has 140 valence electrons. The second kappa shape index (κ2) is 10.6. The van der Waals surface area contributed by atoms with Crippen LogP contribution in [0.1, 0.15) is 30.2 Å². The largest absolute Gasteiger partial charge is 0.494 e. The summed E-state index contributed by atoms with van der Waals surface area (Å²) < 4.78 is 5.66. The molecule has 0 bridgehead atoms. The lowest BCUT2D eigenvalue weighted by atomic mass is 10.2. The van der Waals surface area contributed by atoms with Crippen LogP contribution in [0.2, 0.25) is 0 Å². The number of benzene rings is 1. The Morgan fingerprint density at radius 1 is 1.23 bits per heavy atom. The molecule has 0 aliphatic carbocycles. The normalized spacial score (nSPS) is 10.4. The van der Waals surface area contributed by atoms with E-state index in [0.717, 1.165) is 16.2 Å². The third-order valence-corrected chi connectivity index (χ3v) is 4.78. The number of carbonyl (C=O) groups is 2. The fourth-order valence-electron chi connectivity index (χ4n) is 2.48. The minimum atomic E-state index is -0.135. The second-order valence-electron chi connectivity index (χ2n) is 6.03. The van der Waals surface area contributed by atoms with Crippen LogP contribution in [-0.2, 0) is 16.1 Å². The predicted molar refractivity (Wildman–Crippen MR) is 104 cm³/mol. The Balaban J connectivity index is 1.67. The summed E-state index contributed by atoms with van der Waals surface area (Å²) in [7, 11) is 0. The molecule has 0 atom stereocenters. The van der Waals surface area contributed by atoms with Crippen molar-refractivity contribution in [3.05, 3.63) is 52.2 Å². The van der Waals surface area contributed by atoms with Gasteiger partial charge >= 0.3 is 0 Å². The molecule has 2 rings (SSSR count). The van der Waals surface area contributed by atoms with Crippen LogP contribution in [0.15, 0.2) is 41.8 Å². The molecule has 1 aromatic heterocycles. The van der Waals surface area contributed by atoms with Crippen molar-refractivity contribution < 1.29 is 14.3 Å². The van der Waals surface area contributed by atoms with E-state index in [0.29, 0.717) is 32.5 Å². The molecule has 0 unspecified atom stereocenters. The summed E-state index contributed by atoms with van der Waals surface area (Å²) in [6.45, 7) is 5.50. The number of amides is 2. The lowest BCUT2D eigenvalue weighted by molar-refractivity contribution is -0.136. The molecular formula is C20H26N2O3S. The molecular weight excluding hydrogens is 348 g/mol. The van der Waals surface area contributed by atoms with E-state index in [-0.39, 0.29) is 18.4 Å². The lowest BCUT2D eigenvalue weighted by Gasteiger charge is -2.20. The highest BCUT2D eigenvalue weighted by atomic mass is 32.1. The molecule has 0 saturated carbocycles. The topological polar surface area (TPSA) is 58.6 Å². The first kappa shape index (κ1) is 20.0. The van der Waals surface area contributed by atoms with Gasteiger partial charge in [-0.15, -0.1) is 11.3 Å². The summed E-state index contributed by atoms with van der Waals surface area (Å²) in [4.78, 5) is 27.0. The number of hydrogen-bond donors (Lipinski definition) is 1. The molecule has 0 spiro atoms. The van der Waals surface area contributed by atoms with Crippen molar-refractivity contribution in [3.8, 4) is 5.75 Å². The van der Waals surface area contributed by atoms with Crippen LogP contribution in [0.5, 0.6) is 5.75 Å². The zero-order valence-corrected chi connectivity index (χ0v) is 16.2. The van der Waals surface area contributed by atoms with E-state index in [1.54, 1.807) is 16.2 Å². The van der Waals surface area contributed by atoms with Gasteiger partial charge in [-0.1, -0.05) is 18.2 Å². The van der Waals surface area contributed by atoms with Crippen molar-refractivity contribution in [2.45, 2.75) is 33.2 Å². The van der Waals surface area contributed by atoms with Crippen molar-refractivity contribution in [1.29, 1.82) is 0 Å². The third kappa shape index (κ3) is 6.88. The van der Waals surface area contributed by atoms with Crippen LogP contribution in [0, 0.1) is 6.92 Å². The Labute approximate surface area is 159 Å². The first-order valence-electron chi connectivity index (χ1n) is 8.84. The van der Waals surface area contributed by atoms with E-state index in [1.165, 1.54) is 0 Å². The second-order valence-corrected chi connectivity index (χ2v) is 7.06. The summed E-state index contributed by atoms with van der Waals surface area (Å²) in [6, 6.07) is 11.8. The zero-order chi connectivity index (χ0) is 18.8. The number of thiophene rings is 1. The summed E-state index contributed by atoms with van der Waals surface area (Å²) in [6.07, 6.45) is 0.998. The molecule has 2 aromatic rings. The van der Waals surface area contributed by atoms with E-state index in [2.05, 4.69) is 5.32 Å². The average molecular weight is 375 g/mol. The van der Waals surface area contributed by atoms with Crippen molar-refractivity contribution in [3.63, 3.8) is 0 Å². The van der Waals surface area contributed by atoms with Crippen molar-refractivity contribution in [2.75, 3.05) is 19.7 Å². The summed E-state index contributed by atoms with van der Waals surface area (Å²) in [5, 5.41) is 4.83. The molecule has 5 nitrogen and oxygen atoms in total. The fraction of sp³-hybridized carbons (Fsp3) is 0.400. The third-order valence-electron chi connectivity index (χ3n) is 3.90. The fourth-order valence-corrected chi connectivity index (χ4v) is 3.13. The van der Waals surface area contributed by atoms with E-state index in [4.69, 9.17) is 4.74 Å². The number of hydrogen-bond acceptors (Lipinski definition) is 4. The molecule has 1 heterocycles. The van der Waals surface area contributed by atoms with Crippen LogP contribution in [0.4, 0.5) is 0 Å². The van der Waals surface area contributed by atoms with Gasteiger partial charge in [0.1, 0.15) is 5.75 Å². The van der Waals surface area contributed by atoms with Crippen LogP contribution >= 0.6 is 11.3 Å².